The molecule has 0 saturated carbocycles. The summed E-state index contributed by atoms with van der Waals surface area (Å²) in [7, 11) is 0. The lowest BCUT2D eigenvalue weighted by atomic mass is 10.2. The van der Waals surface area contributed by atoms with E-state index in [4.69, 9.17) is 0 Å². The molecular weight excluding hydrogens is 204 g/mol. The van der Waals surface area contributed by atoms with Crippen molar-refractivity contribution in [1.82, 2.24) is 9.97 Å². The van der Waals surface area contributed by atoms with E-state index in [2.05, 4.69) is 41.7 Å². The summed E-state index contributed by atoms with van der Waals surface area (Å²) in [6.45, 7) is 5.79. The van der Waals surface area contributed by atoms with Gasteiger partial charge in [-0.1, -0.05) is 23.9 Å². The van der Waals surface area contributed by atoms with Gasteiger partial charge in [0.2, 0.25) is 0 Å². The summed E-state index contributed by atoms with van der Waals surface area (Å²) in [5.74, 6) is 1.03. The van der Waals surface area contributed by atoms with Crippen LogP contribution in [0.4, 0.5) is 0 Å². The fraction of sp³-hybridized carbons (Fsp3) is 0.250. The number of H-pyrrole nitrogens is 1. The van der Waals surface area contributed by atoms with Crippen LogP contribution in [0.5, 0.6) is 0 Å². The molecule has 2 rings (SSSR count). The van der Waals surface area contributed by atoms with E-state index >= 15 is 0 Å². The van der Waals surface area contributed by atoms with Crippen molar-refractivity contribution in [3.63, 3.8) is 0 Å². The maximum atomic E-state index is 4.50. The van der Waals surface area contributed by atoms with E-state index in [0.29, 0.717) is 0 Å². The summed E-state index contributed by atoms with van der Waals surface area (Å²) >= 11 is 1.74. The number of rotatable bonds is 4. The first-order valence-electron chi connectivity index (χ1n) is 4.99. The molecule has 0 spiro atoms. The Kier molecular flexibility index (Phi) is 3.11. The summed E-state index contributed by atoms with van der Waals surface area (Å²) in [6.07, 6.45) is 2.94. The molecule has 2 nitrogen and oxygen atoms in total. The molecule has 15 heavy (non-hydrogen) atoms. The van der Waals surface area contributed by atoms with Crippen LogP contribution in [0, 0.1) is 6.92 Å². The third kappa shape index (κ3) is 2.42. The second-order valence-electron chi connectivity index (χ2n) is 3.49. The van der Waals surface area contributed by atoms with Crippen molar-refractivity contribution in [3.8, 4) is 0 Å². The Bertz CT molecular complexity index is 473. The minimum atomic E-state index is 0.998. The number of thioether (sulfide) groups is 1. The quantitative estimate of drug-likeness (QED) is 0.483. The third-order valence-electron chi connectivity index (χ3n) is 2.18. The summed E-state index contributed by atoms with van der Waals surface area (Å²) in [5.41, 5.74) is 3.42. The smallest absolute Gasteiger partial charge is 0.166 e. The maximum Gasteiger partial charge on any atom is 0.166 e. The zero-order valence-electron chi connectivity index (χ0n) is 8.79. The highest BCUT2D eigenvalue weighted by molar-refractivity contribution is 7.99. The number of allylic oxidation sites excluding steroid dienone is 1. The molecule has 1 N–H and O–H groups in total. The molecule has 2 aromatic rings. The summed E-state index contributed by atoms with van der Waals surface area (Å²) in [6, 6.07) is 6.26. The van der Waals surface area contributed by atoms with Gasteiger partial charge in [-0.15, -0.1) is 6.58 Å². The van der Waals surface area contributed by atoms with E-state index in [-0.39, 0.29) is 0 Å². The first-order valence-corrected chi connectivity index (χ1v) is 5.98. The average molecular weight is 218 g/mol. The normalized spacial score (nSPS) is 10.7. The number of aromatic amines is 1. The summed E-state index contributed by atoms with van der Waals surface area (Å²) in [4.78, 5) is 7.81. The Labute approximate surface area is 93.8 Å². The van der Waals surface area contributed by atoms with E-state index in [1.54, 1.807) is 11.8 Å². The zero-order chi connectivity index (χ0) is 10.7. The van der Waals surface area contributed by atoms with Crippen LogP contribution in [0.25, 0.3) is 11.0 Å². The average Bonchev–Trinajstić information content (AvgIpc) is 2.60. The molecule has 0 saturated heterocycles. The van der Waals surface area contributed by atoms with Crippen LogP contribution in [0.3, 0.4) is 0 Å². The molecule has 0 aliphatic carbocycles. The minimum Gasteiger partial charge on any atom is -0.333 e. The van der Waals surface area contributed by atoms with E-state index in [1.165, 1.54) is 5.56 Å². The van der Waals surface area contributed by atoms with Crippen molar-refractivity contribution in [2.75, 3.05) is 5.75 Å². The lowest BCUT2D eigenvalue weighted by Crippen LogP contribution is -1.77. The molecule has 0 atom stereocenters. The van der Waals surface area contributed by atoms with Gasteiger partial charge in [0.15, 0.2) is 5.16 Å². The molecule has 0 fully saturated rings. The Morgan fingerprint density at radius 3 is 3.20 bits per heavy atom. The van der Waals surface area contributed by atoms with Gasteiger partial charge in [0.1, 0.15) is 0 Å². The van der Waals surface area contributed by atoms with Crippen molar-refractivity contribution in [2.24, 2.45) is 0 Å². The van der Waals surface area contributed by atoms with Crippen LogP contribution in [-0.4, -0.2) is 15.7 Å². The molecule has 1 heterocycles. The summed E-state index contributed by atoms with van der Waals surface area (Å²) < 4.78 is 0. The SMILES string of the molecule is C=CCCSc1nc2ccc(C)cc2[nH]1. The summed E-state index contributed by atoms with van der Waals surface area (Å²) in [5, 5.41) is 0.998. The highest BCUT2D eigenvalue weighted by atomic mass is 32.2. The molecule has 0 aliphatic rings. The second-order valence-corrected chi connectivity index (χ2v) is 4.57. The minimum absolute atomic E-state index is 0.998. The Hall–Kier alpha value is -1.22. The lowest BCUT2D eigenvalue weighted by Gasteiger charge is -1.91. The first kappa shape index (κ1) is 10.3. The number of imidazole rings is 1. The fourth-order valence-corrected chi connectivity index (χ4v) is 2.23. The third-order valence-corrected chi connectivity index (χ3v) is 3.08. The predicted molar refractivity (Wildman–Crippen MR) is 66.4 cm³/mol. The van der Waals surface area contributed by atoms with Crippen molar-refractivity contribution in [3.05, 3.63) is 36.4 Å². The lowest BCUT2D eigenvalue weighted by molar-refractivity contribution is 1.07. The topological polar surface area (TPSA) is 28.7 Å². The van der Waals surface area contributed by atoms with Crippen molar-refractivity contribution in [1.29, 1.82) is 0 Å². The highest BCUT2D eigenvalue weighted by Crippen LogP contribution is 2.20. The Morgan fingerprint density at radius 1 is 1.53 bits per heavy atom. The fourth-order valence-electron chi connectivity index (χ4n) is 1.41. The number of benzene rings is 1. The van der Waals surface area contributed by atoms with E-state index in [9.17, 15) is 0 Å². The van der Waals surface area contributed by atoms with Gasteiger partial charge in [-0.05, 0) is 31.0 Å². The van der Waals surface area contributed by atoms with Gasteiger partial charge in [-0.25, -0.2) is 4.98 Å². The Morgan fingerprint density at radius 2 is 2.40 bits per heavy atom. The van der Waals surface area contributed by atoms with E-state index < -0.39 is 0 Å². The van der Waals surface area contributed by atoms with Crippen molar-refractivity contribution in [2.45, 2.75) is 18.5 Å². The van der Waals surface area contributed by atoms with Gasteiger partial charge in [0, 0.05) is 5.75 Å². The standard InChI is InChI=1S/C12H14N2S/c1-3-4-7-15-12-13-10-6-5-9(2)8-11(10)14-12/h3,5-6,8H,1,4,7H2,2H3,(H,13,14). The molecule has 0 radical (unpaired) electrons. The monoisotopic (exact) mass is 218 g/mol. The van der Waals surface area contributed by atoms with Gasteiger partial charge in [0.25, 0.3) is 0 Å². The van der Waals surface area contributed by atoms with Gasteiger partial charge in [0.05, 0.1) is 11.0 Å². The number of aryl methyl sites for hydroxylation is 1. The molecule has 78 valence electrons. The van der Waals surface area contributed by atoms with Crippen LogP contribution in [0.2, 0.25) is 0 Å². The predicted octanol–water partition coefficient (Wildman–Crippen LogP) is 3.54. The second kappa shape index (κ2) is 4.53. The van der Waals surface area contributed by atoms with Gasteiger partial charge in [-0.3, -0.25) is 0 Å². The highest BCUT2D eigenvalue weighted by Gasteiger charge is 2.02. The molecule has 1 aromatic carbocycles. The largest absolute Gasteiger partial charge is 0.333 e. The molecule has 1 aromatic heterocycles. The van der Waals surface area contributed by atoms with Gasteiger partial charge < -0.3 is 4.98 Å². The zero-order valence-corrected chi connectivity index (χ0v) is 9.60. The van der Waals surface area contributed by atoms with Crippen molar-refractivity contribution >= 4 is 22.8 Å². The van der Waals surface area contributed by atoms with Gasteiger partial charge in [-0.2, -0.15) is 0 Å². The van der Waals surface area contributed by atoms with E-state index in [0.717, 1.165) is 28.4 Å². The number of hydrogen-bond donors (Lipinski definition) is 1. The van der Waals surface area contributed by atoms with Crippen LogP contribution in [0.1, 0.15) is 12.0 Å². The van der Waals surface area contributed by atoms with Crippen LogP contribution in [-0.2, 0) is 0 Å². The number of nitrogens with one attached hydrogen (secondary N) is 1. The van der Waals surface area contributed by atoms with E-state index in [1.807, 2.05) is 6.08 Å². The van der Waals surface area contributed by atoms with Gasteiger partial charge >= 0.3 is 0 Å². The Balaban J connectivity index is 2.19. The van der Waals surface area contributed by atoms with Crippen LogP contribution < -0.4 is 0 Å². The molecule has 0 bridgehead atoms. The molecular formula is C12H14N2S. The molecule has 0 aliphatic heterocycles. The number of fused-ring (bicyclic) bond motifs is 1. The number of nitrogens with zero attached hydrogens (tertiary/aromatic N) is 1. The first-order chi connectivity index (χ1) is 7.29. The number of hydrogen-bond acceptors (Lipinski definition) is 2. The number of aromatic nitrogens is 2. The van der Waals surface area contributed by atoms with Crippen molar-refractivity contribution < 1.29 is 0 Å². The molecule has 3 heteroatoms. The van der Waals surface area contributed by atoms with Crippen LogP contribution in [0.15, 0.2) is 36.0 Å². The van der Waals surface area contributed by atoms with Crippen LogP contribution >= 0.6 is 11.8 Å². The molecule has 0 amide bonds. The maximum absolute atomic E-state index is 4.50. The molecule has 0 unspecified atom stereocenters.